The fourth-order valence-electron chi connectivity index (χ4n) is 1.06. The number of carbonyl (C=O) groups is 1. The maximum absolute atomic E-state index is 11.1. The van der Waals surface area contributed by atoms with Crippen LogP contribution >= 0.6 is 23.3 Å². The molecule has 5 nitrogen and oxygen atoms in total. The molecule has 1 aromatic rings. The lowest BCUT2D eigenvalue weighted by atomic mass is 10.3. The fraction of sp³-hybridized carbons (Fsp3) is 0.333. The van der Waals surface area contributed by atoms with E-state index in [0.29, 0.717) is 10.6 Å². The predicted octanol–water partition coefficient (Wildman–Crippen LogP) is 1.16. The zero-order valence-electron chi connectivity index (χ0n) is 8.73. The number of nitrogens with two attached hydrogens (primary N) is 2. The van der Waals surface area contributed by atoms with E-state index in [9.17, 15) is 4.79 Å². The highest BCUT2D eigenvalue weighted by molar-refractivity contribution is 7.99. The molecule has 0 bridgehead atoms. The first-order valence-corrected chi connectivity index (χ1v) is 6.57. The molecule has 0 aliphatic heterocycles. The van der Waals surface area contributed by atoms with E-state index in [4.69, 9.17) is 11.5 Å². The standard InChI is InChI=1S/C9H14N4OS2/c1-2-4-15-5-3-12-9-6(8(11)14)7(10)13-16-9/h2,12H,1,3-5H2,(H2,10,13)(H2,11,14). The van der Waals surface area contributed by atoms with E-state index >= 15 is 0 Å². The summed E-state index contributed by atoms with van der Waals surface area (Å²) in [6, 6.07) is 0. The largest absolute Gasteiger partial charge is 0.382 e. The summed E-state index contributed by atoms with van der Waals surface area (Å²) in [5, 5.41) is 3.74. The Bertz CT molecular complexity index is 378. The summed E-state index contributed by atoms with van der Waals surface area (Å²) in [4.78, 5) is 11.1. The lowest BCUT2D eigenvalue weighted by molar-refractivity contribution is 0.100. The van der Waals surface area contributed by atoms with Crippen LogP contribution in [0, 0.1) is 0 Å². The summed E-state index contributed by atoms with van der Waals surface area (Å²) >= 11 is 2.90. The maximum Gasteiger partial charge on any atom is 0.255 e. The number of anilines is 2. The fourth-order valence-corrected chi connectivity index (χ4v) is 2.39. The van der Waals surface area contributed by atoms with Crippen LogP contribution in [-0.4, -0.2) is 28.3 Å². The molecule has 0 unspecified atom stereocenters. The van der Waals surface area contributed by atoms with Crippen molar-refractivity contribution < 1.29 is 4.79 Å². The normalized spacial score (nSPS) is 10.0. The van der Waals surface area contributed by atoms with Gasteiger partial charge >= 0.3 is 0 Å². The summed E-state index contributed by atoms with van der Waals surface area (Å²) in [6.07, 6.45) is 1.85. The van der Waals surface area contributed by atoms with Crippen LogP contribution in [0.2, 0.25) is 0 Å². The van der Waals surface area contributed by atoms with Crippen LogP contribution in [0.4, 0.5) is 10.8 Å². The molecule has 1 rings (SSSR count). The monoisotopic (exact) mass is 258 g/mol. The number of primary amides is 1. The smallest absolute Gasteiger partial charge is 0.255 e. The molecule has 0 saturated heterocycles. The molecule has 0 aromatic carbocycles. The minimum Gasteiger partial charge on any atom is -0.382 e. The molecule has 1 amide bonds. The number of hydrogen-bond donors (Lipinski definition) is 3. The number of nitrogens with zero attached hydrogens (tertiary/aromatic N) is 1. The second-order valence-electron chi connectivity index (χ2n) is 2.93. The second kappa shape index (κ2) is 6.39. The first-order valence-electron chi connectivity index (χ1n) is 4.64. The van der Waals surface area contributed by atoms with E-state index in [-0.39, 0.29) is 5.82 Å². The van der Waals surface area contributed by atoms with Crippen molar-refractivity contribution in [1.29, 1.82) is 0 Å². The Hall–Kier alpha value is -1.21. The van der Waals surface area contributed by atoms with Crippen molar-refractivity contribution in [1.82, 2.24) is 4.37 Å². The molecule has 5 N–H and O–H groups in total. The van der Waals surface area contributed by atoms with Crippen LogP contribution in [0.5, 0.6) is 0 Å². The molecule has 0 saturated carbocycles. The molecular formula is C9H14N4OS2. The topological polar surface area (TPSA) is 94.0 Å². The molecule has 1 aromatic heterocycles. The van der Waals surface area contributed by atoms with E-state index in [1.807, 2.05) is 6.08 Å². The zero-order valence-corrected chi connectivity index (χ0v) is 10.4. The Morgan fingerprint density at radius 3 is 3.06 bits per heavy atom. The van der Waals surface area contributed by atoms with Crippen LogP contribution in [0.15, 0.2) is 12.7 Å². The number of carbonyl (C=O) groups excluding carboxylic acids is 1. The molecule has 16 heavy (non-hydrogen) atoms. The first kappa shape index (κ1) is 12.9. The van der Waals surface area contributed by atoms with Gasteiger partial charge in [-0.05, 0) is 11.5 Å². The van der Waals surface area contributed by atoms with Crippen LogP contribution in [0.3, 0.4) is 0 Å². The number of rotatable bonds is 7. The quantitative estimate of drug-likeness (QED) is 0.504. The highest BCUT2D eigenvalue weighted by Crippen LogP contribution is 2.25. The summed E-state index contributed by atoms with van der Waals surface area (Å²) < 4.78 is 3.89. The zero-order chi connectivity index (χ0) is 12.0. The molecule has 0 aliphatic carbocycles. The van der Waals surface area contributed by atoms with E-state index in [2.05, 4.69) is 16.3 Å². The van der Waals surface area contributed by atoms with Crippen LogP contribution in [-0.2, 0) is 0 Å². The number of hydrogen-bond acceptors (Lipinski definition) is 6. The van der Waals surface area contributed by atoms with Crippen LogP contribution < -0.4 is 16.8 Å². The van der Waals surface area contributed by atoms with Crippen molar-refractivity contribution in [2.75, 3.05) is 29.1 Å². The van der Waals surface area contributed by atoms with Crippen molar-refractivity contribution in [3.8, 4) is 0 Å². The van der Waals surface area contributed by atoms with Crippen LogP contribution in [0.25, 0.3) is 0 Å². The van der Waals surface area contributed by atoms with Crippen molar-refractivity contribution in [2.45, 2.75) is 0 Å². The minimum absolute atomic E-state index is 0.193. The van der Waals surface area contributed by atoms with Gasteiger partial charge in [0.25, 0.3) is 5.91 Å². The molecule has 0 atom stereocenters. The number of nitrogen functional groups attached to an aromatic ring is 1. The number of amides is 1. The van der Waals surface area contributed by atoms with Crippen molar-refractivity contribution in [3.63, 3.8) is 0 Å². The molecule has 1 heterocycles. The van der Waals surface area contributed by atoms with Gasteiger partial charge in [0.2, 0.25) is 0 Å². The molecule has 88 valence electrons. The summed E-state index contributed by atoms with van der Waals surface area (Å²) in [6.45, 7) is 4.37. The third kappa shape index (κ3) is 3.42. The number of aromatic nitrogens is 1. The van der Waals surface area contributed by atoms with Gasteiger partial charge in [0.15, 0.2) is 5.82 Å². The highest BCUT2D eigenvalue weighted by Gasteiger charge is 2.15. The van der Waals surface area contributed by atoms with E-state index in [1.54, 1.807) is 11.8 Å². The van der Waals surface area contributed by atoms with Gasteiger partial charge < -0.3 is 16.8 Å². The lowest BCUT2D eigenvalue weighted by Gasteiger charge is -2.03. The van der Waals surface area contributed by atoms with Crippen LogP contribution in [0.1, 0.15) is 10.4 Å². The number of thioether (sulfide) groups is 1. The third-order valence-electron chi connectivity index (χ3n) is 1.73. The molecule has 0 aliphatic rings. The van der Waals surface area contributed by atoms with Gasteiger partial charge in [0, 0.05) is 18.1 Å². The second-order valence-corrected chi connectivity index (χ2v) is 4.85. The first-order chi connectivity index (χ1) is 7.66. The van der Waals surface area contributed by atoms with Crippen molar-refractivity contribution >= 4 is 40.0 Å². The van der Waals surface area contributed by atoms with E-state index in [1.165, 1.54) is 0 Å². The molecular weight excluding hydrogens is 244 g/mol. The van der Waals surface area contributed by atoms with Gasteiger partial charge in [-0.3, -0.25) is 4.79 Å². The average Bonchev–Trinajstić information content (AvgIpc) is 2.59. The highest BCUT2D eigenvalue weighted by atomic mass is 32.2. The van der Waals surface area contributed by atoms with Gasteiger partial charge in [-0.25, -0.2) is 0 Å². The van der Waals surface area contributed by atoms with Crippen molar-refractivity contribution in [3.05, 3.63) is 18.2 Å². The van der Waals surface area contributed by atoms with Gasteiger partial charge in [0.05, 0.1) is 0 Å². The van der Waals surface area contributed by atoms with Gasteiger partial charge in [0.1, 0.15) is 10.6 Å². The van der Waals surface area contributed by atoms with Crippen molar-refractivity contribution in [2.24, 2.45) is 5.73 Å². The molecule has 7 heteroatoms. The molecule has 0 spiro atoms. The molecule has 0 radical (unpaired) electrons. The summed E-state index contributed by atoms with van der Waals surface area (Å²) in [7, 11) is 0. The summed E-state index contributed by atoms with van der Waals surface area (Å²) in [5.74, 6) is 1.48. The average molecular weight is 258 g/mol. The van der Waals surface area contributed by atoms with E-state index < -0.39 is 5.91 Å². The summed E-state index contributed by atoms with van der Waals surface area (Å²) in [5.41, 5.74) is 11.0. The Kier molecular flexibility index (Phi) is 5.13. The predicted molar refractivity (Wildman–Crippen MR) is 71.1 cm³/mol. The maximum atomic E-state index is 11.1. The third-order valence-corrected chi connectivity index (χ3v) is 3.52. The lowest BCUT2D eigenvalue weighted by Crippen LogP contribution is -2.15. The Labute approximate surface area is 102 Å². The minimum atomic E-state index is -0.549. The Morgan fingerprint density at radius 1 is 1.69 bits per heavy atom. The molecule has 0 fully saturated rings. The van der Waals surface area contributed by atoms with Gasteiger partial charge in [-0.1, -0.05) is 6.08 Å². The van der Waals surface area contributed by atoms with Gasteiger partial charge in [-0.15, -0.1) is 6.58 Å². The Morgan fingerprint density at radius 2 is 2.44 bits per heavy atom. The van der Waals surface area contributed by atoms with E-state index in [0.717, 1.165) is 29.6 Å². The SMILES string of the molecule is C=CCSCCNc1snc(N)c1C(N)=O. The number of nitrogens with one attached hydrogen (secondary N) is 1. The Balaban J connectivity index is 2.47. The van der Waals surface area contributed by atoms with Gasteiger partial charge in [-0.2, -0.15) is 16.1 Å².